The van der Waals surface area contributed by atoms with Gasteiger partial charge >= 0.3 is 5.97 Å². The predicted octanol–water partition coefficient (Wildman–Crippen LogP) is 2.84. The molecule has 1 fully saturated rings. The molecule has 5 nitrogen and oxygen atoms in total. The Bertz CT molecular complexity index is 591. The Morgan fingerprint density at radius 3 is 2.70 bits per heavy atom. The second-order valence-electron chi connectivity index (χ2n) is 4.84. The van der Waals surface area contributed by atoms with Crippen molar-refractivity contribution in [1.82, 2.24) is 4.31 Å². The molecule has 1 saturated heterocycles. The minimum Gasteiger partial charge on any atom is -0.480 e. The maximum atomic E-state index is 12.7. The average Bonchev–Trinajstić information content (AvgIpc) is 2.61. The fourth-order valence-electron chi connectivity index (χ4n) is 2.29. The molecule has 8 heteroatoms. The van der Waals surface area contributed by atoms with Gasteiger partial charge in [-0.1, -0.05) is 12.8 Å². The Kier molecular flexibility index (Phi) is 4.88. The number of hydrogen-bond acceptors (Lipinski definition) is 4. The molecule has 2 rings (SSSR count). The average molecular weight is 382 g/mol. The van der Waals surface area contributed by atoms with Crippen LogP contribution in [0.15, 0.2) is 14.1 Å². The topological polar surface area (TPSA) is 74.7 Å². The van der Waals surface area contributed by atoms with Crippen molar-refractivity contribution in [3.8, 4) is 0 Å². The SMILES string of the molecule is Cc1cc(S(=O)(=O)N2CCCCCC2C(=O)O)sc1Br. The first-order chi connectivity index (χ1) is 9.34. The van der Waals surface area contributed by atoms with Crippen molar-refractivity contribution in [2.45, 2.75) is 42.9 Å². The van der Waals surface area contributed by atoms with E-state index in [1.54, 1.807) is 6.07 Å². The Morgan fingerprint density at radius 2 is 2.15 bits per heavy atom. The van der Waals surface area contributed by atoms with Crippen molar-refractivity contribution >= 4 is 43.3 Å². The summed E-state index contributed by atoms with van der Waals surface area (Å²) < 4.78 is 27.5. The lowest BCUT2D eigenvalue weighted by atomic mass is 10.1. The van der Waals surface area contributed by atoms with Gasteiger partial charge in [-0.05, 0) is 47.3 Å². The highest BCUT2D eigenvalue weighted by atomic mass is 79.9. The van der Waals surface area contributed by atoms with Crippen LogP contribution in [0.25, 0.3) is 0 Å². The van der Waals surface area contributed by atoms with Crippen molar-refractivity contribution in [2.24, 2.45) is 0 Å². The molecule has 20 heavy (non-hydrogen) atoms. The van der Waals surface area contributed by atoms with E-state index in [0.29, 0.717) is 12.8 Å². The van der Waals surface area contributed by atoms with Gasteiger partial charge in [-0.15, -0.1) is 11.3 Å². The number of sulfonamides is 1. The maximum Gasteiger partial charge on any atom is 0.322 e. The second-order valence-corrected chi connectivity index (χ2v) is 9.33. The molecule has 1 atom stereocenters. The van der Waals surface area contributed by atoms with E-state index < -0.39 is 22.0 Å². The van der Waals surface area contributed by atoms with Crippen LogP contribution in [-0.4, -0.2) is 36.4 Å². The van der Waals surface area contributed by atoms with Crippen molar-refractivity contribution in [3.63, 3.8) is 0 Å². The number of carboxylic acid groups (broad SMARTS) is 1. The first-order valence-corrected chi connectivity index (χ1v) is 9.39. The number of hydrogen-bond donors (Lipinski definition) is 1. The quantitative estimate of drug-likeness (QED) is 0.873. The van der Waals surface area contributed by atoms with Gasteiger partial charge in [0.1, 0.15) is 10.3 Å². The van der Waals surface area contributed by atoms with E-state index in [-0.39, 0.29) is 10.8 Å². The molecule has 0 bridgehead atoms. The van der Waals surface area contributed by atoms with Crippen molar-refractivity contribution in [2.75, 3.05) is 6.54 Å². The van der Waals surface area contributed by atoms with E-state index >= 15 is 0 Å². The van der Waals surface area contributed by atoms with E-state index in [2.05, 4.69) is 15.9 Å². The molecule has 1 unspecified atom stereocenters. The Labute approximate surface area is 130 Å². The maximum absolute atomic E-state index is 12.7. The normalized spacial score (nSPS) is 21.6. The smallest absolute Gasteiger partial charge is 0.322 e. The molecule has 1 aromatic heterocycles. The number of aliphatic carboxylic acids is 1. The summed E-state index contributed by atoms with van der Waals surface area (Å²) in [5.41, 5.74) is 0.843. The van der Waals surface area contributed by atoms with Crippen molar-refractivity contribution in [3.05, 3.63) is 15.4 Å². The van der Waals surface area contributed by atoms with Crippen LogP contribution in [0.5, 0.6) is 0 Å². The van der Waals surface area contributed by atoms with Crippen LogP contribution in [0, 0.1) is 6.92 Å². The number of aryl methyl sites for hydroxylation is 1. The van der Waals surface area contributed by atoms with Crippen LogP contribution >= 0.6 is 27.3 Å². The summed E-state index contributed by atoms with van der Waals surface area (Å²) in [4.78, 5) is 11.4. The van der Waals surface area contributed by atoms with Crippen LogP contribution in [0.2, 0.25) is 0 Å². The number of nitrogens with zero attached hydrogens (tertiary/aromatic N) is 1. The standard InChI is InChI=1S/C12H16BrNO4S2/c1-8-7-10(19-11(8)13)20(17,18)14-6-4-2-3-5-9(14)12(15)16/h7,9H,2-6H2,1H3,(H,15,16). The molecule has 1 aromatic rings. The van der Waals surface area contributed by atoms with E-state index in [9.17, 15) is 18.3 Å². The number of rotatable bonds is 3. The summed E-state index contributed by atoms with van der Waals surface area (Å²) >= 11 is 4.44. The molecule has 0 saturated carbocycles. The molecule has 0 spiro atoms. The zero-order valence-corrected chi connectivity index (χ0v) is 14.2. The van der Waals surface area contributed by atoms with Crippen LogP contribution in [0.3, 0.4) is 0 Å². The van der Waals surface area contributed by atoms with E-state index in [1.807, 2.05) is 6.92 Å². The zero-order valence-electron chi connectivity index (χ0n) is 11.0. The minimum absolute atomic E-state index is 0.204. The lowest BCUT2D eigenvalue weighted by molar-refractivity contribution is -0.141. The predicted molar refractivity (Wildman–Crippen MR) is 80.5 cm³/mol. The van der Waals surface area contributed by atoms with Gasteiger partial charge in [0.2, 0.25) is 0 Å². The number of carboxylic acids is 1. The first kappa shape index (κ1) is 15.9. The van der Waals surface area contributed by atoms with Gasteiger partial charge in [-0.25, -0.2) is 8.42 Å². The van der Waals surface area contributed by atoms with Gasteiger partial charge in [-0.3, -0.25) is 4.79 Å². The summed E-state index contributed by atoms with van der Waals surface area (Å²) in [6.45, 7) is 2.09. The van der Waals surface area contributed by atoms with E-state index in [0.717, 1.165) is 37.8 Å². The third kappa shape index (κ3) is 3.08. The number of thiophene rings is 1. The summed E-state index contributed by atoms with van der Waals surface area (Å²) in [5, 5.41) is 9.29. The second kappa shape index (κ2) is 6.13. The zero-order chi connectivity index (χ0) is 14.9. The third-order valence-corrected chi connectivity index (χ3v) is 7.88. The minimum atomic E-state index is -3.74. The largest absolute Gasteiger partial charge is 0.480 e. The molecule has 0 aromatic carbocycles. The number of carbonyl (C=O) groups is 1. The highest BCUT2D eigenvalue weighted by molar-refractivity contribution is 9.11. The van der Waals surface area contributed by atoms with Gasteiger partial charge in [0.25, 0.3) is 10.0 Å². The van der Waals surface area contributed by atoms with Crippen LogP contribution in [-0.2, 0) is 14.8 Å². The molecule has 1 aliphatic heterocycles. The van der Waals surface area contributed by atoms with Crippen molar-refractivity contribution < 1.29 is 18.3 Å². The summed E-state index contributed by atoms with van der Waals surface area (Å²) in [7, 11) is -3.74. The van der Waals surface area contributed by atoms with Gasteiger partial charge < -0.3 is 5.11 Å². The van der Waals surface area contributed by atoms with Crippen molar-refractivity contribution in [1.29, 1.82) is 0 Å². The molecule has 0 amide bonds. The summed E-state index contributed by atoms with van der Waals surface area (Å²) in [6, 6.07) is 0.636. The Morgan fingerprint density at radius 1 is 1.45 bits per heavy atom. The lowest BCUT2D eigenvalue weighted by Gasteiger charge is -2.25. The Balaban J connectivity index is 2.41. The van der Waals surface area contributed by atoms with Gasteiger partial charge in [0.15, 0.2) is 0 Å². The lowest BCUT2D eigenvalue weighted by Crippen LogP contribution is -2.44. The molecular weight excluding hydrogens is 366 g/mol. The molecule has 112 valence electrons. The third-order valence-electron chi connectivity index (χ3n) is 3.39. The van der Waals surface area contributed by atoms with Gasteiger partial charge in [0.05, 0.1) is 3.79 Å². The van der Waals surface area contributed by atoms with Crippen LogP contribution in [0.4, 0.5) is 0 Å². The fraction of sp³-hybridized carbons (Fsp3) is 0.583. The molecular formula is C12H16BrNO4S2. The van der Waals surface area contributed by atoms with Crippen LogP contribution in [0.1, 0.15) is 31.2 Å². The number of halogens is 1. The van der Waals surface area contributed by atoms with Gasteiger partial charge in [-0.2, -0.15) is 4.31 Å². The summed E-state index contributed by atoms with van der Waals surface area (Å²) in [6.07, 6.45) is 2.69. The highest BCUT2D eigenvalue weighted by Crippen LogP contribution is 2.34. The molecule has 1 aliphatic rings. The van der Waals surface area contributed by atoms with Crippen LogP contribution < -0.4 is 0 Å². The molecule has 2 heterocycles. The first-order valence-electron chi connectivity index (χ1n) is 6.34. The Hall–Kier alpha value is -0.440. The highest BCUT2D eigenvalue weighted by Gasteiger charge is 2.37. The van der Waals surface area contributed by atoms with E-state index in [4.69, 9.17) is 0 Å². The van der Waals surface area contributed by atoms with E-state index in [1.165, 1.54) is 0 Å². The monoisotopic (exact) mass is 381 g/mol. The summed E-state index contributed by atoms with van der Waals surface area (Å²) in [5.74, 6) is -1.07. The fourth-order valence-corrected chi connectivity index (χ4v) is 6.30. The molecule has 1 N–H and O–H groups in total. The molecule has 0 radical (unpaired) electrons. The van der Waals surface area contributed by atoms with Gasteiger partial charge in [0, 0.05) is 6.54 Å². The molecule has 0 aliphatic carbocycles.